The van der Waals surface area contributed by atoms with Crippen LogP contribution in [0, 0.1) is 17.6 Å². The minimum Gasteiger partial charge on any atom is -0.487 e. The van der Waals surface area contributed by atoms with Crippen molar-refractivity contribution in [3.05, 3.63) is 53.6 Å². The highest BCUT2D eigenvalue weighted by molar-refractivity contribution is 5.65. The lowest BCUT2D eigenvalue weighted by molar-refractivity contribution is 0.282. The van der Waals surface area contributed by atoms with Crippen molar-refractivity contribution in [2.45, 2.75) is 57.5 Å². The molecule has 4 rings (SSSR count). The maximum absolute atomic E-state index is 14.5. The van der Waals surface area contributed by atoms with Crippen molar-refractivity contribution in [3.8, 4) is 16.9 Å². The number of hydrogen-bond donors (Lipinski definition) is 0. The van der Waals surface area contributed by atoms with Crippen molar-refractivity contribution in [3.63, 3.8) is 0 Å². The van der Waals surface area contributed by atoms with Gasteiger partial charge in [-0.1, -0.05) is 44.0 Å². The molecule has 3 heteroatoms. The molecule has 132 valence electrons. The van der Waals surface area contributed by atoms with Crippen LogP contribution in [0.4, 0.5) is 8.78 Å². The lowest BCUT2D eigenvalue weighted by atomic mass is 9.79. The Hall–Kier alpha value is -1.90. The quantitative estimate of drug-likeness (QED) is 0.619. The first-order chi connectivity index (χ1) is 12.1. The molecule has 0 heterocycles. The van der Waals surface area contributed by atoms with E-state index in [4.69, 9.17) is 4.74 Å². The molecule has 2 aromatic rings. The summed E-state index contributed by atoms with van der Waals surface area (Å²) in [6.45, 7) is 2.31. The SMILES string of the molecule is CC1CCC(c2ccc(-c3ccc(OC4CC4)c(F)c3F)cc2)CC1. The van der Waals surface area contributed by atoms with E-state index in [9.17, 15) is 8.78 Å². The molecule has 2 saturated carbocycles. The maximum Gasteiger partial charge on any atom is 0.201 e. The lowest BCUT2D eigenvalue weighted by Crippen LogP contribution is -2.10. The summed E-state index contributed by atoms with van der Waals surface area (Å²) < 4.78 is 34.1. The minimum absolute atomic E-state index is 0.0247. The third kappa shape index (κ3) is 3.56. The van der Waals surface area contributed by atoms with Crippen molar-refractivity contribution in [1.82, 2.24) is 0 Å². The van der Waals surface area contributed by atoms with Crippen LogP contribution in [-0.2, 0) is 0 Å². The maximum atomic E-state index is 14.5. The van der Waals surface area contributed by atoms with Crippen molar-refractivity contribution in [1.29, 1.82) is 0 Å². The molecule has 25 heavy (non-hydrogen) atoms. The molecule has 0 bridgehead atoms. The Balaban J connectivity index is 1.54. The Kier molecular flexibility index (Phi) is 4.49. The third-order valence-corrected chi connectivity index (χ3v) is 5.57. The van der Waals surface area contributed by atoms with Crippen LogP contribution in [0.3, 0.4) is 0 Å². The summed E-state index contributed by atoms with van der Waals surface area (Å²) in [5, 5.41) is 0. The largest absolute Gasteiger partial charge is 0.487 e. The first kappa shape index (κ1) is 16.6. The molecule has 0 saturated heterocycles. The van der Waals surface area contributed by atoms with Gasteiger partial charge in [0, 0.05) is 5.56 Å². The fourth-order valence-corrected chi connectivity index (χ4v) is 3.74. The van der Waals surface area contributed by atoms with Crippen LogP contribution in [0.1, 0.15) is 56.9 Å². The molecule has 0 radical (unpaired) electrons. The Labute approximate surface area is 148 Å². The van der Waals surface area contributed by atoms with Gasteiger partial charge in [0.1, 0.15) is 0 Å². The first-order valence-corrected chi connectivity index (χ1v) is 9.37. The fourth-order valence-electron chi connectivity index (χ4n) is 3.74. The van der Waals surface area contributed by atoms with Gasteiger partial charge in [0.2, 0.25) is 5.82 Å². The minimum atomic E-state index is -0.880. The van der Waals surface area contributed by atoms with Crippen LogP contribution in [0.25, 0.3) is 11.1 Å². The van der Waals surface area contributed by atoms with Gasteiger partial charge >= 0.3 is 0 Å². The highest BCUT2D eigenvalue weighted by Gasteiger charge is 2.26. The van der Waals surface area contributed by atoms with E-state index < -0.39 is 11.6 Å². The Bertz CT molecular complexity index is 741. The lowest BCUT2D eigenvalue weighted by Gasteiger charge is -2.26. The monoisotopic (exact) mass is 342 g/mol. The standard InChI is InChI=1S/C22H24F2O/c1-14-2-4-15(5-3-14)16-6-8-17(9-7-16)19-12-13-20(22(24)21(19)23)25-18-10-11-18/h6-9,12-15,18H,2-5,10-11H2,1H3. The van der Waals surface area contributed by atoms with Crippen molar-refractivity contribution in [2.75, 3.05) is 0 Å². The molecule has 0 atom stereocenters. The van der Waals surface area contributed by atoms with Gasteiger partial charge in [-0.15, -0.1) is 0 Å². The number of halogens is 2. The van der Waals surface area contributed by atoms with Crippen LogP contribution >= 0.6 is 0 Å². The average molecular weight is 342 g/mol. The molecule has 2 aliphatic rings. The van der Waals surface area contributed by atoms with E-state index in [1.165, 1.54) is 31.2 Å². The van der Waals surface area contributed by atoms with E-state index in [2.05, 4.69) is 19.1 Å². The van der Waals surface area contributed by atoms with Gasteiger partial charge in [0.15, 0.2) is 11.6 Å². The van der Waals surface area contributed by atoms with E-state index in [1.54, 1.807) is 12.1 Å². The molecular weight excluding hydrogens is 318 g/mol. The second-order valence-electron chi connectivity index (χ2n) is 7.64. The molecule has 2 aromatic carbocycles. The second kappa shape index (κ2) is 6.78. The summed E-state index contributed by atoms with van der Waals surface area (Å²) >= 11 is 0. The molecule has 0 aliphatic heterocycles. The van der Waals surface area contributed by atoms with E-state index in [1.807, 2.05) is 12.1 Å². The smallest absolute Gasteiger partial charge is 0.201 e. The number of hydrogen-bond acceptors (Lipinski definition) is 1. The summed E-state index contributed by atoms with van der Waals surface area (Å²) in [4.78, 5) is 0. The molecule has 0 aromatic heterocycles. The zero-order chi connectivity index (χ0) is 17.4. The molecule has 0 unspecified atom stereocenters. The molecule has 2 aliphatic carbocycles. The predicted octanol–water partition coefficient (Wildman–Crippen LogP) is 6.47. The molecule has 2 fully saturated rings. The van der Waals surface area contributed by atoms with Crippen molar-refractivity contribution >= 4 is 0 Å². The van der Waals surface area contributed by atoms with Crippen LogP contribution < -0.4 is 4.74 Å². The van der Waals surface area contributed by atoms with Gasteiger partial charge in [-0.2, -0.15) is 4.39 Å². The normalized spacial score (nSPS) is 23.5. The molecule has 0 amide bonds. The average Bonchev–Trinajstić information content (AvgIpc) is 3.44. The Morgan fingerprint density at radius 2 is 1.48 bits per heavy atom. The highest BCUT2D eigenvalue weighted by atomic mass is 19.2. The number of ether oxygens (including phenoxy) is 1. The summed E-state index contributed by atoms with van der Waals surface area (Å²) in [7, 11) is 0. The molecular formula is C22H24F2O. The molecule has 0 N–H and O–H groups in total. The Morgan fingerprint density at radius 3 is 2.12 bits per heavy atom. The summed E-state index contributed by atoms with van der Waals surface area (Å²) in [5.41, 5.74) is 2.32. The van der Waals surface area contributed by atoms with Crippen LogP contribution in [-0.4, -0.2) is 6.10 Å². The summed E-state index contributed by atoms with van der Waals surface area (Å²) in [6.07, 6.45) is 6.88. The number of rotatable bonds is 4. The fraction of sp³-hybridized carbons (Fsp3) is 0.455. The Morgan fingerprint density at radius 1 is 0.800 bits per heavy atom. The summed E-state index contributed by atoms with van der Waals surface area (Å²) in [5.74, 6) is -0.256. The van der Waals surface area contributed by atoms with E-state index in [0.717, 1.165) is 18.8 Å². The van der Waals surface area contributed by atoms with Gasteiger partial charge in [0.05, 0.1) is 6.10 Å². The van der Waals surface area contributed by atoms with Crippen LogP contribution in [0.5, 0.6) is 5.75 Å². The van der Waals surface area contributed by atoms with Gasteiger partial charge in [0.25, 0.3) is 0 Å². The molecule has 1 nitrogen and oxygen atoms in total. The van der Waals surface area contributed by atoms with E-state index in [0.29, 0.717) is 17.0 Å². The molecule has 0 spiro atoms. The summed E-state index contributed by atoms with van der Waals surface area (Å²) in [6, 6.07) is 11.1. The zero-order valence-corrected chi connectivity index (χ0v) is 14.6. The topological polar surface area (TPSA) is 9.23 Å². The van der Waals surface area contributed by atoms with Crippen molar-refractivity contribution in [2.24, 2.45) is 5.92 Å². The zero-order valence-electron chi connectivity index (χ0n) is 14.6. The van der Waals surface area contributed by atoms with E-state index in [-0.39, 0.29) is 11.9 Å². The van der Waals surface area contributed by atoms with Crippen LogP contribution in [0.2, 0.25) is 0 Å². The van der Waals surface area contributed by atoms with Gasteiger partial charge in [-0.25, -0.2) is 4.39 Å². The van der Waals surface area contributed by atoms with Gasteiger partial charge < -0.3 is 4.74 Å². The number of benzene rings is 2. The first-order valence-electron chi connectivity index (χ1n) is 9.37. The van der Waals surface area contributed by atoms with Crippen molar-refractivity contribution < 1.29 is 13.5 Å². The van der Waals surface area contributed by atoms with Gasteiger partial charge in [-0.05, 0) is 60.8 Å². The second-order valence-corrected chi connectivity index (χ2v) is 7.64. The van der Waals surface area contributed by atoms with Gasteiger partial charge in [-0.3, -0.25) is 0 Å². The van der Waals surface area contributed by atoms with Crippen LogP contribution in [0.15, 0.2) is 36.4 Å². The third-order valence-electron chi connectivity index (χ3n) is 5.57. The van der Waals surface area contributed by atoms with E-state index >= 15 is 0 Å². The predicted molar refractivity (Wildman–Crippen MR) is 95.8 cm³/mol. The highest BCUT2D eigenvalue weighted by Crippen LogP contribution is 2.37.